The molecule has 0 N–H and O–H groups in total. The Morgan fingerprint density at radius 3 is 2.44 bits per heavy atom. The lowest BCUT2D eigenvalue weighted by Gasteiger charge is -2.10. The number of para-hydroxylation sites is 1. The Hall–Kier alpha value is -4.73. The van der Waals surface area contributed by atoms with Gasteiger partial charge in [0.25, 0.3) is 5.56 Å². The van der Waals surface area contributed by atoms with Gasteiger partial charge in [-0.25, -0.2) is 19.7 Å². The molecule has 0 radical (unpaired) electrons. The van der Waals surface area contributed by atoms with E-state index < -0.39 is 11.2 Å². The number of nitrogens with zero attached hydrogens (tertiary/aromatic N) is 5. The molecule has 0 saturated heterocycles. The molecule has 5 aromatic rings. The number of aryl methyl sites for hydroxylation is 2. The second-order valence-corrected chi connectivity index (χ2v) is 8.11. The van der Waals surface area contributed by atoms with Crippen molar-refractivity contribution in [2.24, 2.45) is 7.05 Å². The Morgan fingerprint density at radius 1 is 0.972 bits per heavy atom. The fraction of sp³-hybridized carbons (Fsp3) is 0.192. The summed E-state index contributed by atoms with van der Waals surface area (Å²) in [5, 5.41) is 0.223. The number of methoxy groups -OCH3 is 2. The van der Waals surface area contributed by atoms with Gasteiger partial charge >= 0.3 is 5.69 Å². The molecule has 0 fully saturated rings. The van der Waals surface area contributed by atoms with Gasteiger partial charge in [-0.3, -0.25) is 13.9 Å². The van der Waals surface area contributed by atoms with Crippen molar-refractivity contribution in [3.63, 3.8) is 0 Å². The van der Waals surface area contributed by atoms with Crippen molar-refractivity contribution in [3.8, 4) is 34.3 Å². The molecule has 10 heteroatoms. The van der Waals surface area contributed by atoms with E-state index in [-0.39, 0.29) is 17.6 Å². The van der Waals surface area contributed by atoms with Crippen LogP contribution in [0.5, 0.6) is 11.5 Å². The van der Waals surface area contributed by atoms with Crippen molar-refractivity contribution in [3.05, 3.63) is 87.0 Å². The molecule has 0 amide bonds. The lowest BCUT2D eigenvalue weighted by Crippen LogP contribution is -2.40. The Kier molecular flexibility index (Phi) is 5.85. The molecule has 0 atom stereocenters. The van der Waals surface area contributed by atoms with Gasteiger partial charge in [0.1, 0.15) is 28.3 Å². The lowest BCUT2D eigenvalue weighted by molar-refractivity contribution is 0.414. The molecule has 0 aliphatic heterocycles. The third-order valence-electron chi connectivity index (χ3n) is 5.97. The van der Waals surface area contributed by atoms with E-state index in [9.17, 15) is 9.59 Å². The smallest absolute Gasteiger partial charge is 0.332 e. The predicted octanol–water partition coefficient (Wildman–Crippen LogP) is 3.19. The van der Waals surface area contributed by atoms with Gasteiger partial charge in [0, 0.05) is 18.8 Å². The number of hydrogen-bond acceptors (Lipinski definition) is 8. The van der Waals surface area contributed by atoms with Crippen LogP contribution in [-0.2, 0) is 13.6 Å². The number of oxazole rings is 1. The number of rotatable bonds is 6. The van der Waals surface area contributed by atoms with Crippen molar-refractivity contribution in [1.82, 2.24) is 24.1 Å². The van der Waals surface area contributed by atoms with E-state index in [4.69, 9.17) is 13.9 Å². The quantitative estimate of drug-likeness (QED) is 0.360. The minimum Gasteiger partial charge on any atom is -0.497 e. The first-order chi connectivity index (χ1) is 17.4. The molecule has 36 heavy (non-hydrogen) atoms. The summed E-state index contributed by atoms with van der Waals surface area (Å²) < 4.78 is 18.9. The summed E-state index contributed by atoms with van der Waals surface area (Å²) in [6.07, 6.45) is 1.44. The molecule has 0 spiro atoms. The summed E-state index contributed by atoms with van der Waals surface area (Å²) in [4.78, 5) is 39.9. The van der Waals surface area contributed by atoms with Crippen LogP contribution in [0.2, 0.25) is 0 Å². The van der Waals surface area contributed by atoms with Gasteiger partial charge in [-0.15, -0.1) is 0 Å². The van der Waals surface area contributed by atoms with Crippen LogP contribution >= 0.6 is 0 Å². The van der Waals surface area contributed by atoms with Gasteiger partial charge in [-0.05, 0) is 43.3 Å². The Morgan fingerprint density at radius 2 is 1.72 bits per heavy atom. The van der Waals surface area contributed by atoms with E-state index in [1.54, 1.807) is 46.4 Å². The maximum Gasteiger partial charge on any atom is 0.332 e. The van der Waals surface area contributed by atoms with Crippen LogP contribution in [0.15, 0.2) is 68.7 Å². The molecule has 5 rings (SSSR count). The normalized spacial score (nSPS) is 11.1. The number of aromatic nitrogens is 5. The summed E-state index contributed by atoms with van der Waals surface area (Å²) in [7, 11) is 4.72. The number of hydrogen-bond donors (Lipinski definition) is 0. The minimum absolute atomic E-state index is 0.0633. The third kappa shape index (κ3) is 3.92. The van der Waals surface area contributed by atoms with Gasteiger partial charge in [-0.2, -0.15) is 0 Å². The lowest BCUT2D eigenvalue weighted by atomic mass is 10.2. The molecule has 0 saturated carbocycles. The van der Waals surface area contributed by atoms with E-state index in [2.05, 4.69) is 15.0 Å². The first-order valence-corrected chi connectivity index (χ1v) is 11.1. The first kappa shape index (κ1) is 23.0. The van der Waals surface area contributed by atoms with Crippen molar-refractivity contribution >= 4 is 11.0 Å². The zero-order valence-electron chi connectivity index (χ0n) is 20.2. The summed E-state index contributed by atoms with van der Waals surface area (Å²) in [6, 6.07) is 14.5. The van der Waals surface area contributed by atoms with Crippen molar-refractivity contribution in [2.75, 3.05) is 14.2 Å². The standard InChI is InChI=1S/C26H23N5O5/c1-15-20(28-24(36-15)18-7-5-6-8-21(18)35-4)14-31-25(32)19-13-27-22(29-23(19)30(2)26(31)33)16-9-11-17(34-3)12-10-16/h5-13H,14H2,1-4H3. The zero-order valence-corrected chi connectivity index (χ0v) is 20.2. The van der Waals surface area contributed by atoms with Gasteiger partial charge in [0.15, 0.2) is 11.5 Å². The minimum atomic E-state index is -0.520. The Labute approximate surface area is 205 Å². The van der Waals surface area contributed by atoms with Crippen LogP contribution in [0.25, 0.3) is 33.9 Å². The number of benzene rings is 2. The van der Waals surface area contributed by atoms with Crippen LogP contribution < -0.4 is 20.7 Å². The molecule has 3 aromatic heterocycles. The van der Waals surface area contributed by atoms with Crippen LogP contribution in [0.4, 0.5) is 0 Å². The fourth-order valence-corrected chi connectivity index (χ4v) is 3.96. The van der Waals surface area contributed by atoms with E-state index in [0.29, 0.717) is 40.2 Å². The first-order valence-electron chi connectivity index (χ1n) is 11.1. The zero-order chi connectivity index (χ0) is 25.4. The molecule has 0 aliphatic carbocycles. The van der Waals surface area contributed by atoms with E-state index in [0.717, 1.165) is 10.1 Å². The molecule has 3 heterocycles. The number of ether oxygens (including phenoxy) is 2. The van der Waals surface area contributed by atoms with Crippen LogP contribution in [0.3, 0.4) is 0 Å². The summed E-state index contributed by atoms with van der Waals surface area (Å²) >= 11 is 0. The van der Waals surface area contributed by atoms with E-state index in [1.165, 1.54) is 10.8 Å². The van der Waals surface area contributed by atoms with E-state index >= 15 is 0 Å². The third-order valence-corrected chi connectivity index (χ3v) is 5.97. The molecular weight excluding hydrogens is 462 g/mol. The molecule has 0 bridgehead atoms. The Balaban J connectivity index is 1.56. The predicted molar refractivity (Wildman–Crippen MR) is 133 cm³/mol. The average Bonchev–Trinajstić information content (AvgIpc) is 3.29. The van der Waals surface area contributed by atoms with E-state index in [1.807, 2.05) is 30.3 Å². The van der Waals surface area contributed by atoms with Crippen LogP contribution in [-0.4, -0.2) is 38.3 Å². The Bertz CT molecular complexity index is 1700. The van der Waals surface area contributed by atoms with Crippen molar-refractivity contribution in [2.45, 2.75) is 13.5 Å². The highest BCUT2D eigenvalue weighted by Gasteiger charge is 2.19. The maximum atomic E-state index is 13.3. The average molecular weight is 486 g/mol. The molecule has 10 nitrogen and oxygen atoms in total. The largest absolute Gasteiger partial charge is 0.497 e. The summed E-state index contributed by atoms with van der Waals surface area (Å²) in [6.45, 7) is 1.67. The van der Waals surface area contributed by atoms with Crippen LogP contribution in [0, 0.1) is 6.92 Å². The summed E-state index contributed by atoms with van der Waals surface area (Å²) in [5.41, 5.74) is 1.09. The number of fused-ring (bicyclic) bond motifs is 1. The van der Waals surface area contributed by atoms with Crippen molar-refractivity contribution in [1.29, 1.82) is 0 Å². The van der Waals surface area contributed by atoms with Gasteiger partial charge in [0.05, 0.1) is 26.3 Å². The SMILES string of the molecule is COc1ccc(-c2ncc3c(=O)n(Cc4nc(-c5ccccc5OC)oc4C)c(=O)n(C)c3n2)cc1. The fourth-order valence-electron chi connectivity index (χ4n) is 3.96. The molecular formula is C26H23N5O5. The molecule has 0 unspecified atom stereocenters. The molecule has 0 aliphatic rings. The highest BCUT2D eigenvalue weighted by Crippen LogP contribution is 2.30. The van der Waals surface area contributed by atoms with Crippen molar-refractivity contribution < 1.29 is 13.9 Å². The van der Waals surface area contributed by atoms with Gasteiger partial charge in [-0.1, -0.05) is 12.1 Å². The topological polar surface area (TPSA) is 114 Å². The highest BCUT2D eigenvalue weighted by atomic mass is 16.5. The second kappa shape index (κ2) is 9.14. The maximum absolute atomic E-state index is 13.3. The summed E-state index contributed by atoms with van der Waals surface area (Å²) in [5.74, 6) is 2.54. The van der Waals surface area contributed by atoms with Gasteiger partial charge in [0.2, 0.25) is 5.89 Å². The second-order valence-electron chi connectivity index (χ2n) is 8.11. The van der Waals surface area contributed by atoms with Crippen LogP contribution in [0.1, 0.15) is 11.5 Å². The highest BCUT2D eigenvalue weighted by molar-refractivity contribution is 5.75. The molecule has 2 aromatic carbocycles. The van der Waals surface area contributed by atoms with Gasteiger partial charge < -0.3 is 13.9 Å². The monoisotopic (exact) mass is 485 g/mol. The molecule has 182 valence electrons.